The summed E-state index contributed by atoms with van der Waals surface area (Å²) in [6.07, 6.45) is 8.19. The van der Waals surface area contributed by atoms with E-state index < -0.39 is 11.7 Å². The molecule has 4 nitrogen and oxygen atoms in total. The first-order valence-electron chi connectivity index (χ1n) is 6.53. The number of allylic oxidation sites excluding steroid dienone is 2. The topological polar surface area (TPSA) is 38.8 Å². The van der Waals surface area contributed by atoms with Gasteiger partial charge in [-0.2, -0.15) is 5.06 Å². The Morgan fingerprint density at radius 2 is 2.11 bits per heavy atom. The molecule has 1 aliphatic carbocycles. The van der Waals surface area contributed by atoms with Crippen LogP contribution in [0.15, 0.2) is 23.4 Å². The van der Waals surface area contributed by atoms with E-state index >= 15 is 0 Å². The van der Waals surface area contributed by atoms with Crippen LogP contribution in [0.1, 0.15) is 46.5 Å². The van der Waals surface area contributed by atoms with Crippen LogP contribution in [-0.4, -0.2) is 23.4 Å². The molecule has 2 rings (SSSR count). The number of carbonyl (C=O) groups is 1. The van der Waals surface area contributed by atoms with E-state index in [9.17, 15) is 4.79 Å². The van der Waals surface area contributed by atoms with Gasteiger partial charge < -0.3 is 4.74 Å². The summed E-state index contributed by atoms with van der Waals surface area (Å²) in [6.45, 7) is 5.99. The first-order chi connectivity index (χ1) is 8.47. The molecule has 0 bridgehead atoms. The van der Waals surface area contributed by atoms with E-state index in [0.717, 1.165) is 18.5 Å². The summed E-state index contributed by atoms with van der Waals surface area (Å²) in [5, 5.41) is 1.29. The fourth-order valence-corrected chi connectivity index (χ4v) is 2.13. The lowest BCUT2D eigenvalue weighted by atomic mass is 9.97. The number of hydrogen-bond donors (Lipinski definition) is 0. The monoisotopic (exact) mass is 251 g/mol. The molecule has 0 aromatic rings. The van der Waals surface area contributed by atoms with Crippen molar-refractivity contribution in [1.29, 1.82) is 0 Å². The van der Waals surface area contributed by atoms with Crippen LogP contribution in [0.3, 0.4) is 0 Å². The molecule has 0 saturated carbocycles. The lowest BCUT2D eigenvalue weighted by Crippen LogP contribution is -2.34. The van der Waals surface area contributed by atoms with E-state index in [2.05, 4.69) is 6.08 Å². The Morgan fingerprint density at radius 3 is 2.72 bits per heavy atom. The molecular formula is C14H21NO3. The minimum absolute atomic E-state index is 0.433. The largest absolute Gasteiger partial charge is 0.442 e. The number of carbonyl (C=O) groups excluding carboxylic acids is 1. The van der Waals surface area contributed by atoms with Crippen LogP contribution in [0.5, 0.6) is 0 Å². The van der Waals surface area contributed by atoms with Crippen LogP contribution in [0.4, 0.5) is 4.79 Å². The van der Waals surface area contributed by atoms with Crippen molar-refractivity contribution < 1.29 is 14.4 Å². The van der Waals surface area contributed by atoms with E-state index in [4.69, 9.17) is 9.57 Å². The van der Waals surface area contributed by atoms with Crippen molar-refractivity contribution in [2.75, 3.05) is 6.61 Å². The van der Waals surface area contributed by atoms with Crippen molar-refractivity contribution >= 4 is 6.09 Å². The van der Waals surface area contributed by atoms with E-state index in [1.807, 2.05) is 26.8 Å². The maximum absolute atomic E-state index is 12.0. The third-order valence-electron chi connectivity index (χ3n) is 2.88. The lowest BCUT2D eigenvalue weighted by Gasteiger charge is -2.26. The van der Waals surface area contributed by atoms with Gasteiger partial charge in [0.15, 0.2) is 0 Å². The second-order valence-electron chi connectivity index (χ2n) is 5.63. The lowest BCUT2D eigenvalue weighted by molar-refractivity contribution is -0.0985. The normalized spacial score (nSPS) is 20.5. The molecule has 2 aliphatic rings. The molecule has 1 amide bonds. The van der Waals surface area contributed by atoms with E-state index in [0.29, 0.717) is 6.61 Å². The molecule has 0 saturated heterocycles. The fourth-order valence-electron chi connectivity index (χ4n) is 2.13. The summed E-state index contributed by atoms with van der Waals surface area (Å²) in [6, 6.07) is 0. The summed E-state index contributed by atoms with van der Waals surface area (Å²) >= 11 is 0. The van der Waals surface area contributed by atoms with Gasteiger partial charge in [-0.1, -0.05) is 6.08 Å². The van der Waals surface area contributed by atoms with Crippen molar-refractivity contribution in [2.24, 2.45) is 0 Å². The molecule has 0 spiro atoms. The van der Waals surface area contributed by atoms with Gasteiger partial charge in [0.05, 0.1) is 12.3 Å². The van der Waals surface area contributed by atoms with Gasteiger partial charge in [0.2, 0.25) is 0 Å². The Labute approximate surface area is 108 Å². The predicted octanol–water partition coefficient (Wildman–Crippen LogP) is 3.55. The summed E-state index contributed by atoms with van der Waals surface area (Å²) in [5.41, 5.74) is 1.56. The Bertz CT molecular complexity index is 390. The molecule has 0 fully saturated rings. The van der Waals surface area contributed by atoms with Crippen LogP contribution in [-0.2, 0) is 9.57 Å². The van der Waals surface area contributed by atoms with Gasteiger partial charge in [0.25, 0.3) is 0 Å². The van der Waals surface area contributed by atoms with Crippen molar-refractivity contribution in [3.05, 3.63) is 23.4 Å². The van der Waals surface area contributed by atoms with Gasteiger partial charge in [0.1, 0.15) is 5.60 Å². The third-order valence-corrected chi connectivity index (χ3v) is 2.88. The van der Waals surface area contributed by atoms with Crippen molar-refractivity contribution in [1.82, 2.24) is 5.06 Å². The molecule has 100 valence electrons. The maximum Gasteiger partial charge on any atom is 0.439 e. The molecular weight excluding hydrogens is 230 g/mol. The van der Waals surface area contributed by atoms with Crippen molar-refractivity contribution in [3.8, 4) is 0 Å². The van der Waals surface area contributed by atoms with Gasteiger partial charge in [0, 0.05) is 0 Å². The Hall–Kier alpha value is -1.29. The average Bonchev–Trinajstić information content (AvgIpc) is 2.76. The summed E-state index contributed by atoms with van der Waals surface area (Å²) in [7, 11) is 0. The number of hydrogen-bond acceptors (Lipinski definition) is 3. The molecule has 1 aliphatic heterocycles. The second-order valence-corrected chi connectivity index (χ2v) is 5.63. The fraction of sp³-hybridized carbons (Fsp3) is 0.643. The Morgan fingerprint density at radius 1 is 1.33 bits per heavy atom. The number of amides is 1. The molecule has 0 aromatic heterocycles. The number of nitrogens with zero attached hydrogens (tertiary/aromatic N) is 1. The zero-order chi connectivity index (χ0) is 13.2. The maximum atomic E-state index is 12.0. The van der Waals surface area contributed by atoms with Gasteiger partial charge >= 0.3 is 6.09 Å². The number of hydroxylamine groups is 2. The Kier molecular flexibility index (Phi) is 3.76. The summed E-state index contributed by atoms with van der Waals surface area (Å²) in [5.74, 6) is 0. The SMILES string of the molecule is CC(C)(C)OC(=O)N1OCC=C1C1=CCCCC1. The highest BCUT2D eigenvalue weighted by Crippen LogP contribution is 2.30. The van der Waals surface area contributed by atoms with Crippen LogP contribution >= 0.6 is 0 Å². The molecule has 0 aromatic carbocycles. The smallest absolute Gasteiger partial charge is 0.439 e. The first kappa shape index (κ1) is 13.1. The van der Waals surface area contributed by atoms with Gasteiger partial charge in [-0.3, -0.25) is 4.84 Å². The van der Waals surface area contributed by atoms with E-state index in [1.165, 1.54) is 23.5 Å². The molecule has 0 unspecified atom stereocenters. The van der Waals surface area contributed by atoms with Crippen molar-refractivity contribution in [2.45, 2.75) is 52.1 Å². The van der Waals surface area contributed by atoms with E-state index in [-0.39, 0.29) is 0 Å². The zero-order valence-corrected chi connectivity index (χ0v) is 11.4. The second kappa shape index (κ2) is 5.14. The van der Waals surface area contributed by atoms with Gasteiger partial charge in [-0.25, -0.2) is 4.79 Å². The summed E-state index contributed by atoms with van der Waals surface area (Å²) < 4.78 is 5.34. The minimum Gasteiger partial charge on any atom is -0.442 e. The molecule has 18 heavy (non-hydrogen) atoms. The molecule has 1 heterocycles. The summed E-state index contributed by atoms with van der Waals surface area (Å²) in [4.78, 5) is 17.4. The number of ether oxygens (including phenoxy) is 1. The highest BCUT2D eigenvalue weighted by Gasteiger charge is 2.30. The highest BCUT2D eigenvalue weighted by molar-refractivity contribution is 5.71. The van der Waals surface area contributed by atoms with E-state index in [1.54, 1.807) is 0 Å². The van der Waals surface area contributed by atoms with Crippen LogP contribution < -0.4 is 0 Å². The van der Waals surface area contributed by atoms with Crippen LogP contribution in [0, 0.1) is 0 Å². The number of rotatable bonds is 1. The highest BCUT2D eigenvalue weighted by atomic mass is 16.7. The van der Waals surface area contributed by atoms with Gasteiger partial charge in [-0.15, -0.1) is 0 Å². The quantitative estimate of drug-likeness (QED) is 0.715. The van der Waals surface area contributed by atoms with Crippen molar-refractivity contribution in [3.63, 3.8) is 0 Å². The van der Waals surface area contributed by atoms with Crippen LogP contribution in [0.25, 0.3) is 0 Å². The standard InChI is InChI=1S/C14H21NO3/c1-14(2,3)18-13(16)15-12(9-10-17-15)11-7-5-4-6-8-11/h7,9H,4-6,8,10H2,1-3H3. The zero-order valence-electron chi connectivity index (χ0n) is 11.4. The Balaban J connectivity index is 2.07. The predicted molar refractivity (Wildman–Crippen MR) is 68.7 cm³/mol. The first-order valence-corrected chi connectivity index (χ1v) is 6.53. The third kappa shape index (κ3) is 3.13. The van der Waals surface area contributed by atoms with Gasteiger partial charge in [-0.05, 0) is 58.1 Å². The minimum atomic E-state index is -0.505. The molecule has 0 atom stereocenters. The van der Waals surface area contributed by atoms with Crippen LogP contribution in [0.2, 0.25) is 0 Å². The molecule has 4 heteroatoms. The molecule has 0 N–H and O–H groups in total. The average molecular weight is 251 g/mol. The molecule has 0 radical (unpaired) electrons.